The minimum Gasteiger partial charge on any atom is -0.384 e. The fourth-order valence-corrected chi connectivity index (χ4v) is 1.50. The Labute approximate surface area is 87.7 Å². The third-order valence-corrected chi connectivity index (χ3v) is 2.16. The minimum absolute atomic E-state index is 0.0900. The van der Waals surface area contributed by atoms with E-state index in [0.29, 0.717) is 0 Å². The van der Waals surface area contributed by atoms with E-state index in [1.807, 2.05) is 0 Å². The molecule has 2 aromatic rings. The molecule has 0 saturated heterocycles. The highest BCUT2D eigenvalue weighted by molar-refractivity contribution is 5.87. The van der Waals surface area contributed by atoms with Gasteiger partial charge in [-0.3, -0.25) is 0 Å². The average molecular weight is 230 g/mol. The van der Waals surface area contributed by atoms with Crippen LogP contribution in [-0.2, 0) is 6.18 Å². The second-order valence-electron chi connectivity index (χ2n) is 3.25. The number of hydrogen-bond acceptors (Lipinski definition) is 2. The van der Waals surface area contributed by atoms with Crippen molar-refractivity contribution in [2.45, 2.75) is 6.18 Å². The van der Waals surface area contributed by atoms with Crippen LogP contribution < -0.4 is 5.73 Å². The van der Waals surface area contributed by atoms with Crippen molar-refractivity contribution in [2.24, 2.45) is 0 Å². The first kappa shape index (κ1) is 10.7. The van der Waals surface area contributed by atoms with Crippen molar-refractivity contribution < 1.29 is 17.6 Å². The molecule has 0 atom stereocenters. The Bertz CT molecular complexity index is 548. The van der Waals surface area contributed by atoms with E-state index in [1.54, 1.807) is 0 Å². The van der Waals surface area contributed by atoms with Gasteiger partial charge < -0.3 is 5.73 Å². The summed E-state index contributed by atoms with van der Waals surface area (Å²) in [5, 5.41) is -0.0806. The Hall–Kier alpha value is -1.85. The Morgan fingerprint density at radius 3 is 2.50 bits per heavy atom. The SMILES string of the molecule is Nc1cc2ccc(F)c(C(F)(F)F)c2cn1. The van der Waals surface area contributed by atoms with Crippen LogP contribution >= 0.6 is 0 Å². The molecule has 1 heterocycles. The van der Waals surface area contributed by atoms with Gasteiger partial charge >= 0.3 is 6.18 Å². The summed E-state index contributed by atoms with van der Waals surface area (Å²) in [5.74, 6) is -1.22. The zero-order valence-electron chi connectivity index (χ0n) is 7.85. The molecule has 0 amide bonds. The van der Waals surface area contributed by atoms with Crippen LogP contribution in [0.2, 0.25) is 0 Å². The number of aromatic nitrogens is 1. The molecule has 0 unspecified atom stereocenters. The maximum atomic E-state index is 13.1. The highest BCUT2D eigenvalue weighted by atomic mass is 19.4. The minimum atomic E-state index is -4.75. The molecule has 2 N–H and O–H groups in total. The highest BCUT2D eigenvalue weighted by Crippen LogP contribution is 2.36. The molecule has 0 bridgehead atoms. The van der Waals surface area contributed by atoms with Gasteiger partial charge in [-0.25, -0.2) is 9.37 Å². The van der Waals surface area contributed by atoms with E-state index >= 15 is 0 Å². The lowest BCUT2D eigenvalue weighted by atomic mass is 10.1. The van der Waals surface area contributed by atoms with Gasteiger partial charge in [-0.2, -0.15) is 13.2 Å². The van der Waals surface area contributed by atoms with E-state index in [-0.39, 0.29) is 16.6 Å². The molecule has 84 valence electrons. The molecule has 0 fully saturated rings. The normalized spacial score (nSPS) is 12.0. The van der Waals surface area contributed by atoms with Gasteiger partial charge in [-0.1, -0.05) is 6.07 Å². The van der Waals surface area contributed by atoms with Crippen LogP contribution in [0.15, 0.2) is 24.4 Å². The summed E-state index contributed by atoms with van der Waals surface area (Å²) in [5.41, 5.74) is 4.03. The third kappa shape index (κ3) is 1.66. The van der Waals surface area contributed by atoms with E-state index in [1.165, 1.54) is 12.1 Å². The van der Waals surface area contributed by atoms with Crippen LogP contribution in [0.3, 0.4) is 0 Å². The molecular formula is C10H6F4N2. The second-order valence-corrected chi connectivity index (χ2v) is 3.25. The second kappa shape index (κ2) is 3.33. The summed E-state index contributed by atoms with van der Waals surface area (Å²) in [7, 11) is 0. The first-order chi connectivity index (χ1) is 7.39. The van der Waals surface area contributed by atoms with E-state index in [4.69, 9.17) is 5.73 Å². The molecular weight excluding hydrogens is 224 g/mol. The fourth-order valence-electron chi connectivity index (χ4n) is 1.50. The molecule has 1 aromatic carbocycles. The number of nitrogen functional groups attached to an aromatic ring is 1. The smallest absolute Gasteiger partial charge is 0.384 e. The van der Waals surface area contributed by atoms with E-state index < -0.39 is 17.6 Å². The molecule has 1 aromatic heterocycles. The largest absolute Gasteiger partial charge is 0.419 e. The number of alkyl halides is 3. The molecule has 0 aliphatic carbocycles. The summed E-state index contributed by atoms with van der Waals surface area (Å²) in [6.45, 7) is 0. The van der Waals surface area contributed by atoms with Gasteiger partial charge in [-0.15, -0.1) is 0 Å². The van der Waals surface area contributed by atoms with Crippen LogP contribution in [0.5, 0.6) is 0 Å². The van der Waals surface area contributed by atoms with Gasteiger partial charge in [0.15, 0.2) is 0 Å². The number of fused-ring (bicyclic) bond motifs is 1. The number of halogens is 4. The Morgan fingerprint density at radius 2 is 1.88 bits per heavy atom. The average Bonchev–Trinajstić information content (AvgIpc) is 2.16. The van der Waals surface area contributed by atoms with Crippen molar-refractivity contribution in [1.29, 1.82) is 0 Å². The van der Waals surface area contributed by atoms with Gasteiger partial charge in [0, 0.05) is 11.6 Å². The number of pyridine rings is 1. The Kier molecular flexibility index (Phi) is 2.22. The lowest BCUT2D eigenvalue weighted by molar-refractivity contribution is -0.138. The number of nitrogens with two attached hydrogens (primary N) is 1. The van der Waals surface area contributed by atoms with Crippen molar-refractivity contribution in [2.75, 3.05) is 5.73 Å². The van der Waals surface area contributed by atoms with Gasteiger partial charge in [-0.05, 0) is 17.5 Å². The molecule has 2 rings (SSSR count). The predicted octanol–water partition coefficient (Wildman–Crippen LogP) is 2.97. The van der Waals surface area contributed by atoms with Crippen LogP contribution in [0, 0.1) is 5.82 Å². The Balaban J connectivity index is 2.85. The topological polar surface area (TPSA) is 38.9 Å². The molecule has 0 saturated carbocycles. The summed E-state index contributed by atoms with van der Waals surface area (Å²) < 4.78 is 50.9. The summed E-state index contributed by atoms with van der Waals surface area (Å²) in [4.78, 5) is 3.53. The van der Waals surface area contributed by atoms with Crippen LogP contribution in [0.1, 0.15) is 5.56 Å². The van der Waals surface area contributed by atoms with Crippen LogP contribution in [0.25, 0.3) is 10.8 Å². The molecule has 0 radical (unpaired) electrons. The summed E-state index contributed by atoms with van der Waals surface area (Å²) in [6.07, 6.45) is -3.82. The van der Waals surface area contributed by atoms with Crippen molar-refractivity contribution in [3.05, 3.63) is 35.8 Å². The number of benzene rings is 1. The Morgan fingerprint density at radius 1 is 1.19 bits per heavy atom. The van der Waals surface area contributed by atoms with Gasteiger partial charge in [0.2, 0.25) is 0 Å². The number of nitrogens with zero attached hydrogens (tertiary/aromatic N) is 1. The molecule has 6 heteroatoms. The molecule has 0 aliphatic rings. The zero-order valence-corrected chi connectivity index (χ0v) is 7.85. The van der Waals surface area contributed by atoms with Crippen molar-refractivity contribution in [3.8, 4) is 0 Å². The molecule has 0 aliphatic heterocycles. The highest BCUT2D eigenvalue weighted by Gasteiger charge is 2.36. The standard InChI is InChI=1S/C10H6F4N2/c11-7-2-1-5-3-8(15)16-4-6(5)9(7)10(12,13)14/h1-4H,(H2,15,16). The van der Waals surface area contributed by atoms with Gasteiger partial charge in [0.25, 0.3) is 0 Å². The van der Waals surface area contributed by atoms with Crippen LogP contribution in [-0.4, -0.2) is 4.98 Å². The molecule has 16 heavy (non-hydrogen) atoms. The van der Waals surface area contributed by atoms with Gasteiger partial charge in [0.05, 0.1) is 0 Å². The zero-order chi connectivity index (χ0) is 11.9. The summed E-state index contributed by atoms with van der Waals surface area (Å²) in [6, 6.07) is 3.27. The fraction of sp³-hybridized carbons (Fsp3) is 0.100. The maximum absolute atomic E-state index is 13.1. The van der Waals surface area contributed by atoms with E-state index in [0.717, 1.165) is 12.3 Å². The first-order valence-corrected chi connectivity index (χ1v) is 4.30. The van der Waals surface area contributed by atoms with Crippen molar-refractivity contribution in [1.82, 2.24) is 4.98 Å². The first-order valence-electron chi connectivity index (χ1n) is 4.30. The molecule has 2 nitrogen and oxygen atoms in total. The summed E-state index contributed by atoms with van der Waals surface area (Å²) >= 11 is 0. The predicted molar refractivity (Wildman–Crippen MR) is 51.1 cm³/mol. The van der Waals surface area contributed by atoms with E-state index in [9.17, 15) is 17.6 Å². The molecule has 0 spiro atoms. The monoisotopic (exact) mass is 230 g/mol. The van der Waals surface area contributed by atoms with Crippen molar-refractivity contribution >= 4 is 16.6 Å². The van der Waals surface area contributed by atoms with E-state index in [2.05, 4.69) is 4.98 Å². The van der Waals surface area contributed by atoms with Crippen molar-refractivity contribution in [3.63, 3.8) is 0 Å². The number of rotatable bonds is 0. The number of anilines is 1. The maximum Gasteiger partial charge on any atom is 0.419 e. The van der Waals surface area contributed by atoms with Gasteiger partial charge in [0.1, 0.15) is 17.2 Å². The lowest BCUT2D eigenvalue weighted by Gasteiger charge is -2.11. The third-order valence-electron chi connectivity index (χ3n) is 2.16. The van der Waals surface area contributed by atoms with Crippen LogP contribution in [0.4, 0.5) is 23.4 Å². The number of hydrogen-bond donors (Lipinski definition) is 1. The lowest BCUT2D eigenvalue weighted by Crippen LogP contribution is -2.09. The quantitative estimate of drug-likeness (QED) is 0.706.